The summed E-state index contributed by atoms with van der Waals surface area (Å²) < 4.78 is 38.5. The standard InChI is InChI=1S/C20H23F3N4OS/c1-14(2)29-16-5-3-15(4-6-16)11-19(28)27-9-7-26(8-10-27)18-12-17(20(21,22)23)24-13-25-18/h3-6,12-14H,7-11H2,1-2H3. The van der Waals surface area contributed by atoms with Crippen LogP contribution in [0.4, 0.5) is 19.0 Å². The SMILES string of the molecule is CC(C)Sc1ccc(CC(=O)N2CCN(c3cc(C(F)(F)F)ncn3)CC2)cc1. The summed E-state index contributed by atoms with van der Waals surface area (Å²) >= 11 is 1.77. The number of hydrogen-bond donors (Lipinski definition) is 0. The minimum absolute atomic E-state index is 0.0209. The Kier molecular flexibility index (Phi) is 6.66. The molecule has 0 aliphatic carbocycles. The van der Waals surface area contributed by atoms with Gasteiger partial charge in [0.2, 0.25) is 5.91 Å². The molecule has 0 radical (unpaired) electrons. The van der Waals surface area contributed by atoms with Crippen molar-refractivity contribution in [1.29, 1.82) is 0 Å². The number of benzene rings is 1. The van der Waals surface area contributed by atoms with Gasteiger partial charge in [0.25, 0.3) is 0 Å². The fourth-order valence-electron chi connectivity index (χ4n) is 3.10. The van der Waals surface area contributed by atoms with E-state index < -0.39 is 11.9 Å². The number of carbonyl (C=O) groups excluding carboxylic acids is 1. The van der Waals surface area contributed by atoms with Crippen molar-refractivity contribution >= 4 is 23.5 Å². The number of alkyl halides is 3. The zero-order valence-electron chi connectivity index (χ0n) is 16.3. The number of amides is 1. The van der Waals surface area contributed by atoms with Crippen molar-refractivity contribution in [2.75, 3.05) is 31.1 Å². The summed E-state index contributed by atoms with van der Waals surface area (Å²) in [5.74, 6) is 0.255. The first-order valence-corrected chi connectivity index (χ1v) is 10.3. The normalized spacial score (nSPS) is 15.1. The van der Waals surface area contributed by atoms with Gasteiger partial charge in [-0.05, 0) is 17.7 Å². The highest BCUT2D eigenvalue weighted by Gasteiger charge is 2.33. The third kappa shape index (κ3) is 5.85. The van der Waals surface area contributed by atoms with Crippen LogP contribution in [0.25, 0.3) is 0 Å². The molecule has 0 unspecified atom stereocenters. The highest BCUT2D eigenvalue weighted by Crippen LogP contribution is 2.29. The number of aromatic nitrogens is 2. The Morgan fingerprint density at radius 2 is 1.76 bits per heavy atom. The largest absolute Gasteiger partial charge is 0.433 e. The Labute approximate surface area is 172 Å². The zero-order chi connectivity index (χ0) is 21.0. The van der Waals surface area contributed by atoms with Crippen molar-refractivity contribution in [2.24, 2.45) is 0 Å². The van der Waals surface area contributed by atoms with Gasteiger partial charge < -0.3 is 9.80 Å². The predicted molar refractivity (Wildman–Crippen MR) is 107 cm³/mol. The summed E-state index contributed by atoms with van der Waals surface area (Å²) in [5, 5.41) is 0.501. The number of rotatable bonds is 5. The Bertz CT molecular complexity index is 834. The molecule has 1 saturated heterocycles. The molecule has 156 valence electrons. The Morgan fingerprint density at radius 1 is 1.10 bits per heavy atom. The highest BCUT2D eigenvalue weighted by molar-refractivity contribution is 7.99. The summed E-state index contributed by atoms with van der Waals surface area (Å²) in [7, 11) is 0. The van der Waals surface area contributed by atoms with E-state index in [1.807, 2.05) is 24.3 Å². The van der Waals surface area contributed by atoms with Gasteiger partial charge in [0.05, 0.1) is 6.42 Å². The van der Waals surface area contributed by atoms with Crippen molar-refractivity contribution < 1.29 is 18.0 Å². The Balaban J connectivity index is 1.54. The van der Waals surface area contributed by atoms with Crippen LogP contribution in [0.1, 0.15) is 25.1 Å². The molecule has 9 heteroatoms. The predicted octanol–water partition coefficient (Wildman–Crippen LogP) is 3.89. The molecule has 0 atom stereocenters. The molecule has 1 aromatic carbocycles. The topological polar surface area (TPSA) is 49.3 Å². The Hall–Kier alpha value is -2.29. The lowest BCUT2D eigenvalue weighted by Gasteiger charge is -2.35. The van der Waals surface area contributed by atoms with E-state index in [1.54, 1.807) is 21.6 Å². The average molecular weight is 424 g/mol. The summed E-state index contributed by atoms with van der Waals surface area (Å²) in [4.78, 5) is 24.5. The molecule has 3 rings (SSSR count). The van der Waals surface area contributed by atoms with Gasteiger partial charge in [-0.1, -0.05) is 26.0 Å². The number of hydrogen-bond acceptors (Lipinski definition) is 5. The fourth-order valence-corrected chi connectivity index (χ4v) is 3.94. The number of halogens is 3. The minimum atomic E-state index is -4.50. The van der Waals surface area contributed by atoms with E-state index in [4.69, 9.17) is 0 Å². The maximum Gasteiger partial charge on any atom is 0.433 e. The maximum absolute atomic E-state index is 12.8. The minimum Gasteiger partial charge on any atom is -0.353 e. The molecule has 2 heterocycles. The summed E-state index contributed by atoms with van der Waals surface area (Å²) in [6.07, 6.45) is -3.26. The van der Waals surface area contributed by atoms with Crippen molar-refractivity contribution in [2.45, 2.75) is 36.6 Å². The molecule has 1 aliphatic heterocycles. The smallest absolute Gasteiger partial charge is 0.353 e. The first-order chi connectivity index (χ1) is 13.7. The van der Waals surface area contributed by atoms with Crippen LogP contribution >= 0.6 is 11.8 Å². The fraction of sp³-hybridized carbons (Fsp3) is 0.450. The number of carbonyl (C=O) groups is 1. The van der Waals surface area contributed by atoms with Gasteiger partial charge >= 0.3 is 6.18 Å². The Morgan fingerprint density at radius 3 is 2.34 bits per heavy atom. The molecular formula is C20H23F3N4OS. The highest BCUT2D eigenvalue weighted by atomic mass is 32.2. The number of piperazine rings is 1. The first kappa shape index (κ1) is 21.4. The molecule has 29 heavy (non-hydrogen) atoms. The van der Waals surface area contributed by atoms with Crippen LogP contribution in [0.15, 0.2) is 41.6 Å². The van der Waals surface area contributed by atoms with Crippen molar-refractivity contribution in [3.63, 3.8) is 0 Å². The van der Waals surface area contributed by atoms with Crippen molar-refractivity contribution in [3.8, 4) is 0 Å². The van der Waals surface area contributed by atoms with Gasteiger partial charge in [0, 0.05) is 42.4 Å². The van der Waals surface area contributed by atoms with Gasteiger partial charge in [0.1, 0.15) is 17.8 Å². The van der Waals surface area contributed by atoms with E-state index in [1.165, 1.54) is 4.90 Å². The monoisotopic (exact) mass is 424 g/mol. The second kappa shape index (κ2) is 9.02. The summed E-state index contributed by atoms with van der Waals surface area (Å²) in [6.45, 7) is 6.03. The lowest BCUT2D eigenvalue weighted by molar-refractivity contribution is -0.141. The van der Waals surface area contributed by atoms with Crippen LogP contribution in [-0.4, -0.2) is 52.2 Å². The van der Waals surface area contributed by atoms with Gasteiger partial charge in [-0.2, -0.15) is 13.2 Å². The average Bonchev–Trinajstić information content (AvgIpc) is 2.69. The van der Waals surface area contributed by atoms with E-state index in [2.05, 4.69) is 23.8 Å². The molecular weight excluding hydrogens is 401 g/mol. The van der Waals surface area contributed by atoms with Gasteiger partial charge in [0.15, 0.2) is 0 Å². The third-order valence-corrected chi connectivity index (χ3v) is 5.57. The quantitative estimate of drug-likeness (QED) is 0.682. The van der Waals surface area contributed by atoms with Crippen LogP contribution < -0.4 is 4.90 Å². The lowest BCUT2D eigenvalue weighted by atomic mass is 10.1. The molecule has 1 fully saturated rings. The van der Waals surface area contributed by atoms with Crippen molar-refractivity contribution in [1.82, 2.24) is 14.9 Å². The number of anilines is 1. The van der Waals surface area contributed by atoms with E-state index >= 15 is 0 Å². The maximum atomic E-state index is 12.8. The van der Waals surface area contributed by atoms with Crippen LogP contribution in [0.3, 0.4) is 0 Å². The van der Waals surface area contributed by atoms with Gasteiger partial charge in [-0.15, -0.1) is 11.8 Å². The molecule has 0 bridgehead atoms. The second-order valence-electron chi connectivity index (χ2n) is 7.11. The number of thioether (sulfide) groups is 1. The van der Waals surface area contributed by atoms with Gasteiger partial charge in [-0.3, -0.25) is 4.79 Å². The van der Waals surface area contributed by atoms with Crippen LogP contribution in [0.2, 0.25) is 0 Å². The van der Waals surface area contributed by atoms with Crippen LogP contribution in [0, 0.1) is 0 Å². The molecule has 5 nitrogen and oxygen atoms in total. The summed E-state index contributed by atoms with van der Waals surface area (Å²) in [6, 6.07) is 8.95. The zero-order valence-corrected chi connectivity index (χ0v) is 17.1. The third-order valence-electron chi connectivity index (χ3n) is 4.55. The molecule has 1 aromatic heterocycles. The van der Waals surface area contributed by atoms with E-state index in [0.29, 0.717) is 37.8 Å². The molecule has 1 amide bonds. The van der Waals surface area contributed by atoms with Crippen LogP contribution in [-0.2, 0) is 17.4 Å². The van der Waals surface area contributed by atoms with E-state index in [-0.39, 0.29) is 11.7 Å². The molecule has 0 N–H and O–H groups in total. The first-order valence-electron chi connectivity index (χ1n) is 9.40. The van der Waals surface area contributed by atoms with E-state index in [0.717, 1.165) is 18.0 Å². The second-order valence-corrected chi connectivity index (χ2v) is 8.76. The molecule has 0 spiro atoms. The molecule has 0 saturated carbocycles. The molecule has 2 aromatic rings. The lowest BCUT2D eigenvalue weighted by Crippen LogP contribution is -2.49. The molecule has 1 aliphatic rings. The number of nitrogens with zero attached hydrogens (tertiary/aromatic N) is 4. The summed E-state index contributed by atoms with van der Waals surface area (Å²) in [5.41, 5.74) is -0.00348. The van der Waals surface area contributed by atoms with E-state index in [9.17, 15) is 18.0 Å². The van der Waals surface area contributed by atoms with Crippen molar-refractivity contribution in [3.05, 3.63) is 47.9 Å². The van der Waals surface area contributed by atoms with Crippen LogP contribution in [0.5, 0.6) is 0 Å². The van der Waals surface area contributed by atoms with Gasteiger partial charge in [-0.25, -0.2) is 9.97 Å².